The molecule has 2 heterocycles. The lowest BCUT2D eigenvalue weighted by Gasteiger charge is -2.33. The van der Waals surface area contributed by atoms with Gasteiger partial charge in [0.1, 0.15) is 19.0 Å². The fraction of sp³-hybridized carbons (Fsp3) is 0.562. The molecule has 1 amide bonds. The number of benzene rings is 1. The lowest BCUT2D eigenvalue weighted by molar-refractivity contribution is -0.142. The van der Waals surface area contributed by atoms with Crippen molar-refractivity contribution >= 4 is 5.91 Å². The lowest BCUT2D eigenvalue weighted by Crippen LogP contribution is -2.53. The Labute approximate surface area is 130 Å². The van der Waals surface area contributed by atoms with Crippen molar-refractivity contribution in [2.24, 2.45) is 0 Å². The number of amides is 1. The summed E-state index contributed by atoms with van der Waals surface area (Å²) in [7, 11) is 0. The van der Waals surface area contributed by atoms with E-state index in [2.05, 4.69) is 10.2 Å². The first-order chi connectivity index (χ1) is 10.7. The molecule has 2 aliphatic heterocycles. The summed E-state index contributed by atoms with van der Waals surface area (Å²) in [5.41, 5.74) is 0.863. The maximum Gasteiger partial charge on any atom is 0.246 e. The minimum absolute atomic E-state index is 0.00863. The van der Waals surface area contributed by atoms with Crippen LogP contribution in [0.15, 0.2) is 24.3 Å². The van der Waals surface area contributed by atoms with Gasteiger partial charge in [0.2, 0.25) is 5.91 Å². The molecule has 0 bridgehead atoms. The lowest BCUT2D eigenvalue weighted by atomic mass is 10.0. The van der Waals surface area contributed by atoms with Crippen LogP contribution in [0.3, 0.4) is 0 Å². The van der Waals surface area contributed by atoms with Crippen LogP contribution in [0.25, 0.3) is 0 Å². The zero-order valence-corrected chi connectivity index (χ0v) is 12.6. The van der Waals surface area contributed by atoms with Crippen molar-refractivity contribution in [3.63, 3.8) is 0 Å². The Balaban J connectivity index is 1.61. The van der Waals surface area contributed by atoms with Gasteiger partial charge >= 0.3 is 0 Å². The Morgan fingerprint density at radius 2 is 2.27 bits per heavy atom. The number of hydrogen-bond acceptors (Lipinski definition) is 5. The first-order valence-electron chi connectivity index (χ1n) is 7.65. The zero-order valence-electron chi connectivity index (χ0n) is 12.6. The van der Waals surface area contributed by atoms with Crippen LogP contribution in [0, 0.1) is 0 Å². The Bertz CT molecular complexity index is 525. The van der Waals surface area contributed by atoms with Crippen molar-refractivity contribution in [1.82, 2.24) is 10.2 Å². The van der Waals surface area contributed by atoms with Gasteiger partial charge in [0.15, 0.2) is 0 Å². The van der Waals surface area contributed by atoms with Crippen molar-refractivity contribution in [1.29, 1.82) is 0 Å². The van der Waals surface area contributed by atoms with E-state index in [1.807, 2.05) is 24.3 Å². The van der Waals surface area contributed by atoms with Gasteiger partial charge in [-0.15, -0.1) is 0 Å². The number of nitrogens with zero attached hydrogens (tertiary/aromatic N) is 1. The highest BCUT2D eigenvalue weighted by Gasteiger charge is 2.42. The highest BCUT2D eigenvalue weighted by molar-refractivity contribution is 5.78. The largest absolute Gasteiger partial charge is 0.491 e. The van der Waals surface area contributed by atoms with Crippen LogP contribution in [0.2, 0.25) is 0 Å². The van der Waals surface area contributed by atoms with E-state index in [9.17, 15) is 4.79 Å². The molecule has 0 aromatic heterocycles. The number of para-hydroxylation sites is 1. The second kappa shape index (κ2) is 6.64. The average molecular weight is 306 g/mol. The minimum Gasteiger partial charge on any atom is -0.491 e. The molecule has 2 fully saturated rings. The molecule has 1 spiro atoms. The SMILES string of the molecule is O=C1COC2(CCN(Cc3ccccc3OCCO)C2)CN1. The van der Waals surface area contributed by atoms with Gasteiger partial charge in [-0.05, 0) is 12.5 Å². The van der Waals surface area contributed by atoms with Crippen molar-refractivity contribution in [3.05, 3.63) is 29.8 Å². The van der Waals surface area contributed by atoms with E-state index in [1.165, 1.54) is 0 Å². The summed E-state index contributed by atoms with van der Waals surface area (Å²) < 4.78 is 11.4. The van der Waals surface area contributed by atoms with Gasteiger partial charge in [0.25, 0.3) is 0 Å². The topological polar surface area (TPSA) is 71.0 Å². The molecule has 1 unspecified atom stereocenters. The summed E-state index contributed by atoms with van der Waals surface area (Å²) in [4.78, 5) is 13.6. The molecule has 1 aromatic carbocycles. The van der Waals surface area contributed by atoms with E-state index < -0.39 is 0 Å². The van der Waals surface area contributed by atoms with Crippen LogP contribution in [0.4, 0.5) is 0 Å². The molecule has 6 heteroatoms. The predicted molar refractivity (Wildman–Crippen MR) is 80.6 cm³/mol. The fourth-order valence-electron chi connectivity index (χ4n) is 3.08. The molecule has 6 nitrogen and oxygen atoms in total. The molecule has 0 radical (unpaired) electrons. The van der Waals surface area contributed by atoms with Crippen LogP contribution in [-0.4, -0.2) is 61.0 Å². The third-order valence-electron chi connectivity index (χ3n) is 4.23. The fourth-order valence-corrected chi connectivity index (χ4v) is 3.08. The number of nitrogens with one attached hydrogen (secondary N) is 1. The highest BCUT2D eigenvalue weighted by Crippen LogP contribution is 2.29. The number of rotatable bonds is 5. The second-order valence-corrected chi connectivity index (χ2v) is 5.89. The Morgan fingerprint density at radius 3 is 3.05 bits per heavy atom. The van der Waals surface area contributed by atoms with Gasteiger partial charge in [-0.2, -0.15) is 0 Å². The zero-order chi connectivity index (χ0) is 15.4. The molecule has 2 aliphatic rings. The van der Waals surface area contributed by atoms with Crippen LogP contribution >= 0.6 is 0 Å². The molecule has 0 saturated carbocycles. The van der Waals surface area contributed by atoms with Crippen molar-refractivity contribution in [2.45, 2.75) is 18.6 Å². The Hall–Kier alpha value is -1.63. The molecule has 0 aliphatic carbocycles. The summed E-state index contributed by atoms with van der Waals surface area (Å²) >= 11 is 0. The van der Waals surface area contributed by atoms with Gasteiger partial charge in [-0.25, -0.2) is 0 Å². The number of likely N-dealkylation sites (tertiary alicyclic amines) is 1. The first kappa shape index (κ1) is 15.3. The molecular weight excluding hydrogens is 284 g/mol. The number of hydrogen-bond donors (Lipinski definition) is 2. The Kier molecular flexibility index (Phi) is 4.61. The molecule has 1 atom stereocenters. The first-order valence-corrected chi connectivity index (χ1v) is 7.65. The molecule has 2 saturated heterocycles. The van der Waals surface area contributed by atoms with Gasteiger partial charge in [0, 0.05) is 31.7 Å². The molecule has 1 aromatic rings. The van der Waals surface area contributed by atoms with E-state index >= 15 is 0 Å². The van der Waals surface area contributed by atoms with E-state index in [0.29, 0.717) is 13.2 Å². The quantitative estimate of drug-likeness (QED) is 0.810. The van der Waals surface area contributed by atoms with Crippen LogP contribution in [0.5, 0.6) is 5.75 Å². The molecule has 22 heavy (non-hydrogen) atoms. The maximum atomic E-state index is 11.2. The molecule has 2 N–H and O–H groups in total. The number of carbonyl (C=O) groups is 1. The van der Waals surface area contributed by atoms with E-state index in [1.54, 1.807) is 0 Å². The van der Waals surface area contributed by atoms with E-state index in [0.717, 1.165) is 37.4 Å². The normalized spacial score (nSPS) is 25.4. The van der Waals surface area contributed by atoms with Gasteiger partial charge in [-0.1, -0.05) is 18.2 Å². The van der Waals surface area contributed by atoms with E-state index in [-0.39, 0.29) is 24.7 Å². The van der Waals surface area contributed by atoms with Crippen LogP contribution in [-0.2, 0) is 16.1 Å². The molecule has 3 rings (SSSR count). The second-order valence-electron chi connectivity index (χ2n) is 5.89. The molecule has 120 valence electrons. The summed E-state index contributed by atoms with van der Waals surface area (Å²) in [6.45, 7) is 3.58. The standard InChI is InChI=1S/C16H22N2O4/c19-7-8-21-14-4-2-1-3-13(14)9-18-6-5-16(12-18)11-17-15(20)10-22-16/h1-4,19H,5-12H2,(H,17,20). The molecular formula is C16H22N2O4. The van der Waals surface area contributed by atoms with Gasteiger partial charge < -0.3 is 19.9 Å². The predicted octanol–water partition coefficient (Wildman–Crippen LogP) is 0.149. The number of carbonyl (C=O) groups excluding carboxylic acids is 1. The summed E-state index contributed by atoms with van der Waals surface area (Å²) in [6.07, 6.45) is 0.924. The average Bonchev–Trinajstić information content (AvgIpc) is 2.93. The van der Waals surface area contributed by atoms with E-state index in [4.69, 9.17) is 14.6 Å². The van der Waals surface area contributed by atoms with Gasteiger partial charge in [0.05, 0.1) is 12.2 Å². The highest BCUT2D eigenvalue weighted by atomic mass is 16.5. The smallest absolute Gasteiger partial charge is 0.246 e. The van der Waals surface area contributed by atoms with Crippen LogP contribution < -0.4 is 10.1 Å². The number of ether oxygens (including phenoxy) is 2. The third kappa shape index (κ3) is 3.40. The summed E-state index contributed by atoms with van der Waals surface area (Å²) in [6, 6.07) is 7.89. The van der Waals surface area contributed by atoms with Crippen LogP contribution in [0.1, 0.15) is 12.0 Å². The number of aliphatic hydroxyl groups is 1. The summed E-state index contributed by atoms with van der Waals surface area (Å²) in [5.74, 6) is 0.780. The number of aliphatic hydroxyl groups excluding tert-OH is 1. The van der Waals surface area contributed by atoms with Gasteiger partial charge in [-0.3, -0.25) is 9.69 Å². The van der Waals surface area contributed by atoms with Crippen molar-refractivity contribution in [3.8, 4) is 5.75 Å². The Morgan fingerprint density at radius 1 is 1.41 bits per heavy atom. The third-order valence-corrected chi connectivity index (χ3v) is 4.23. The summed E-state index contributed by atoms with van der Waals surface area (Å²) in [5, 5.41) is 11.8. The van der Waals surface area contributed by atoms with Crippen molar-refractivity contribution in [2.75, 3.05) is 39.5 Å². The number of morpholine rings is 1. The minimum atomic E-state index is -0.241. The monoisotopic (exact) mass is 306 g/mol. The van der Waals surface area contributed by atoms with Crippen molar-refractivity contribution < 1.29 is 19.4 Å². The maximum absolute atomic E-state index is 11.2.